The lowest BCUT2D eigenvalue weighted by atomic mass is 10.0. The first kappa shape index (κ1) is 18.2. The van der Waals surface area contributed by atoms with Crippen molar-refractivity contribution in [3.8, 4) is 5.75 Å². The Morgan fingerprint density at radius 1 is 0.962 bits per heavy atom. The lowest BCUT2D eigenvalue weighted by molar-refractivity contribution is -0.280. The first-order valence-corrected chi connectivity index (χ1v) is 11.1. The molecule has 2 aliphatic heterocycles. The number of nitrogens with zero attached hydrogens (tertiary/aromatic N) is 1. The van der Waals surface area contributed by atoms with Crippen LogP contribution >= 0.6 is 0 Å². The standard InChI is InChI=1S/C19H27NO5S/c21-26(22,20-12-10-19(11-13-20)23-14-3-15-24-19)18-8-6-17(7-9-18)25-16-4-1-2-5-16/h6-9,16H,1-5,10-15H2. The number of piperidine rings is 1. The van der Waals surface area contributed by atoms with E-state index in [9.17, 15) is 8.42 Å². The molecule has 0 radical (unpaired) electrons. The van der Waals surface area contributed by atoms with Crippen LogP contribution in [0.4, 0.5) is 0 Å². The first-order valence-electron chi connectivity index (χ1n) is 9.62. The highest BCUT2D eigenvalue weighted by Gasteiger charge is 2.41. The van der Waals surface area contributed by atoms with Gasteiger partial charge in [-0.3, -0.25) is 0 Å². The van der Waals surface area contributed by atoms with Crippen molar-refractivity contribution in [3.63, 3.8) is 0 Å². The van der Waals surface area contributed by atoms with Gasteiger partial charge in [-0.05, 0) is 56.4 Å². The number of hydrogen-bond donors (Lipinski definition) is 0. The van der Waals surface area contributed by atoms with E-state index in [0.717, 1.165) is 25.0 Å². The second kappa shape index (κ2) is 7.46. The van der Waals surface area contributed by atoms with Crippen LogP contribution < -0.4 is 4.74 Å². The van der Waals surface area contributed by atoms with Crippen molar-refractivity contribution in [3.05, 3.63) is 24.3 Å². The Labute approximate surface area is 155 Å². The van der Waals surface area contributed by atoms with E-state index in [1.807, 2.05) is 0 Å². The Balaban J connectivity index is 1.40. The minimum Gasteiger partial charge on any atom is -0.490 e. The number of hydrogen-bond acceptors (Lipinski definition) is 5. The van der Waals surface area contributed by atoms with Gasteiger partial charge in [-0.2, -0.15) is 4.31 Å². The fraction of sp³-hybridized carbons (Fsp3) is 0.684. The third-order valence-electron chi connectivity index (χ3n) is 5.57. The fourth-order valence-electron chi connectivity index (χ4n) is 4.01. The number of rotatable bonds is 4. The van der Waals surface area contributed by atoms with Crippen LogP contribution in [0.2, 0.25) is 0 Å². The topological polar surface area (TPSA) is 65.1 Å². The zero-order valence-corrected chi connectivity index (χ0v) is 15.9. The summed E-state index contributed by atoms with van der Waals surface area (Å²) in [5, 5.41) is 0. The molecule has 26 heavy (non-hydrogen) atoms. The van der Waals surface area contributed by atoms with E-state index >= 15 is 0 Å². The van der Waals surface area contributed by atoms with Crippen LogP contribution in [0.1, 0.15) is 44.9 Å². The molecule has 0 atom stereocenters. The van der Waals surface area contributed by atoms with Gasteiger partial charge in [0.25, 0.3) is 0 Å². The largest absolute Gasteiger partial charge is 0.490 e. The van der Waals surface area contributed by atoms with Crippen LogP contribution in [0, 0.1) is 0 Å². The zero-order chi connectivity index (χ0) is 18.0. The van der Waals surface area contributed by atoms with E-state index in [4.69, 9.17) is 14.2 Å². The molecule has 1 aromatic rings. The third-order valence-corrected chi connectivity index (χ3v) is 7.48. The summed E-state index contributed by atoms with van der Waals surface area (Å²) in [6.07, 6.45) is 6.91. The molecule has 0 bridgehead atoms. The van der Waals surface area contributed by atoms with Gasteiger partial charge in [-0.25, -0.2) is 8.42 Å². The molecular formula is C19H27NO5S. The first-order chi connectivity index (χ1) is 12.6. The number of sulfonamides is 1. The molecule has 144 valence electrons. The maximum Gasteiger partial charge on any atom is 0.243 e. The summed E-state index contributed by atoms with van der Waals surface area (Å²) in [5.41, 5.74) is 0. The lowest BCUT2D eigenvalue weighted by Gasteiger charge is -2.42. The van der Waals surface area contributed by atoms with Gasteiger partial charge in [0.1, 0.15) is 5.75 Å². The molecule has 2 saturated heterocycles. The summed E-state index contributed by atoms with van der Waals surface area (Å²) < 4.78 is 44.9. The van der Waals surface area contributed by atoms with Gasteiger partial charge in [0.05, 0.1) is 24.2 Å². The van der Waals surface area contributed by atoms with Crippen LogP contribution in [0.3, 0.4) is 0 Å². The Morgan fingerprint density at radius 3 is 2.19 bits per heavy atom. The summed E-state index contributed by atoms with van der Waals surface area (Å²) in [4.78, 5) is 0.317. The highest BCUT2D eigenvalue weighted by atomic mass is 32.2. The van der Waals surface area contributed by atoms with E-state index in [2.05, 4.69) is 0 Å². The van der Waals surface area contributed by atoms with Crippen LogP contribution in [-0.4, -0.2) is 50.9 Å². The van der Waals surface area contributed by atoms with E-state index in [-0.39, 0.29) is 6.10 Å². The molecular weight excluding hydrogens is 354 g/mol. The second-order valence-electron chi connectivity index (χ2n) is 7.36. The summed E-state index contributed by atoms with van der Waals surface area (Å²) >= 11 is 0. The van der Waals surface area contributed by atoms with Crippen molar-refractivity contribution in [1.29, 1.82) is 0 Å². The molecule has 1 saturated carbocycles. The van der Waals surface area contributed by atoms with Crippen LogP contribution in [-0.2, 0) is 19.5 Å². The summed E-state index contributed by atoms with van der Waals surface area (Å²) in [5.74, 6) is 0.168. The number of benzene rings is 1. The summed E-state index contributed by atoms with van der Waals surface area (Å²) in [6.45, 7) is 2.22. The monoisotopic (exact) mass is 381 g/mol. The van der Waals surface area contributed by atoms with Gasteiger partial charge in [-0.15, -0.1) is 0 Å². The van der Waals surface area contributed by atoms with Crippen molar-refractivity contribution < 1.29 is 22.6 Å². The molecule has 0 amide bonds. The highest BCUT2D eigenvalue weighted by Crippen LogP contribution is 2.33. The van der Waals surface area contributed by atoms with Gasteiger partial charge in [0, 0.05) is 25.9 Å². The molecule has 6 nitrogen and oxygen atoms in total. The fourth-order valence-corrected chi connectivity index (χ4v) is 5.45. The van der Waals surface area contributed by atoms with Gasteiger partial charge in [0.15, 0.2) is 5.79 Å². The molecule has 0 unspecified atom stereocenters. The SMILES string of the molecule is O=S(=O)(c1ccc(OC2CCCC2)cc1)N1CCC2(CC1)OCCCO2. The average molecular weight is 381 g/mol. The van der Waals surface area contributed by atoms with E-state index in [1.54, 1.807) is 24.3 Å². The second-order valence-corrected chi connectivity index (χ2v) is 9.30. The van der Waals surface area contributed by atoms with Crippen molar-refractivity contribution >= 4 is 10.0 Å². The number of ether oxygens (including phenoxy) is 3. The van der Waals surface area contributed by atoms with Crippen molar-refractivity contribution in [1.82, 2.24) is 4.31 Å². The third kappa shape index (κ3) is 3.76. The Bertz CT molecular complexity index is 696. The Kier molecular flexibility index (Phi) is 5.23. The minimum absolute atomic E-state index is 0.270. The molecule has 3 aliphatic rings. The van der Waals surface area contributed by atoms with Crippen molar-refractivity contribution in [2.75, 3.05) is 26.3 Å². The van der Waals surface area contributed by atoms with E-state index in [0.29, 0.717) is 44.0 Å². The Hall–Kier alpha value is -1.15. The van der Waals surface area contributed by atoms with Gasteiger partial charge in [-0.1, -0.05) is 0 Å². The Morgan fingerprint density at radius 2 is 1.58 bits per heavy atom. The van der Waals surface area contributed by atoms with Gasteiger partial charge in [0.2, 0.25) is 10.0 Å². The summed E-state index contributed by atoms with van der Waals surface area (Å²) in [7, 11) is -3.49. The van der Waals surface area contributed by atoms with E-state index in [1.165, 1.54) is 17.1 Å². The van der Waals surface area contributed by atoms with Crippen molar-refractivity contribution in [2.24, 2.45) is 0 Å². The average Bonchev–Trinajstić information content (AvgIpc) is 3.16. The molecule has 1 aliphatic carbocycles. The smallest absolute Gasteiger partial charge is 0.243 e. The molecule has 0 N–H and O–H groups in total. The van der Waals surface area contributed by atoms with E-state index < -0.39 is 15.8 Å². The van der Waals surface area contributed by atoms with Crippen LogP contribution in [0.5, 0.6) is 5.75 Å². The normalized spacial score (nSPS) is 24.8. The predicted octanol–water partition coefficient (Wildman–Crippen LogP) is 2.93. The molecule has 1 aromatic carbocycles. The predicted molar refractivity (Wildman–Crippen MR) is 96.6 cm³/mol. The summed E-state index contributed by atoms with van der Waals surface area (Å²) in [6, 6.07) is 6.84. The van der Waals surface area contributed by atoms with Gasteiger partial charge < -0.3 is 14.2 Å². The van der Waals surface area contributed by atoms with Gasteiger partial charge >= 0.3 is 0 Å². The zero-order valence-electron chi connectivity index (χ0n) is 15.1. The van der Waals surface area contributed by atoms with Crippen LogP contribution in [0.15, 0.2) is 29.2 Å². The molecule has 4 rings (SSSR count). The molecule has 1 spiro atoms. The minimum atomic E-state index is -3.49. The lowest BCUT2D eigenvalue weighted by Crippen LogP contribution is -2.51. The van der Waals surface area contributed by atoms with Crippen molar-refractivity contribution in [2.45, 2.75) is 61.7 Å². The maximum atomic E-state index is 12.9. The van der Waals surface area contributed by atoms with Crippen LogP contribution in [0.25, 0.3) is 0 Å². The molecule has 7 heteroatoms. The maximum absolute atomic E-state index is 12.9. The molecule has 0 aromatic heterocycles. The quantitative estimate of drug-likeness (QED) is 0.802. The highest BCUT2D eigenvalue weighted by molar-refractivity contribution is 7.89. The molecule has 3 fully saturated rings. The molecule has 2 heterocycles.